The number of rotatable bonds is 1. The highest BCUT2D eigenvalue weighted by atomic mass is 79.9. The van der Waals surface area contributed by atoms with Crippen LogP contribution >= 0.6 is 15.9 Å². The molecule has 0 spiro atoms. The number of hydrogen-bond acceptors (Lipinski definition) is 4. The van der Waals surface area contributed by atoms with Crippen LogP contribution in [-0.4, -0.2) is 36.0 Å². The molecule has 3 aromatic rings. The van der Waals surface area contributed by atoms with Gasteiger partial charge in [-0.3, -0.25) is 9.69 Å². The predicted molar refractivity (Wildman–Crippen MR) is 98.6 cm³/mol. The summed E-state index contributed by atoms with van der Waals surface area (Å²) in [5, 5.41) is 0. The summed E-state index contributed by atoms with van der Waals surface area (Å²) in [6.45, 7) is 1.09. The van der Waals surface area contributed by atoms with E-state index >= 15 is 0 Å². The van der Waals surface area contributed by atoms with Crippen molar-refractivity contribution in [2.45, 2.75) is 0 Å². The summed E-state index contributed by atoms with van der Waals surface area (Å²) in [7, 11) is 1.92. The maximum Gasteiger partial charge on any atom is 0.259 e. The Kier molecular flexibility index (Phi) is 3.88. The highest BCUT2D eigenvalue weighted by Gasteiger charge is 2.29. The fourth-order valence-electron chi connectivity index (χ4n) is 2.91. The minimum atomic E-state index is -0.461. The normalized spacial score (nSPS) is 13.9. The summed E-state index contributed by atoms with van der Waals surface area (Å²) in [6, 6.07) is 11.7. The molecule has 0 saturated heterocycles. The van der Waals surface area contributed by atoms with Gasteiger partial charge in [-0.25, -0.2) is 14.4 Å². The van der Waals surface area contributed by atoms with Crippen LogP contribution in [0.5, 0.6) is 0 Å². The Morgan fingerprint density at radius 1 is 1.08 bits per heavy atom. The van der Waals surface area contributed by atoms with E-state index in [4.69, 9.17) is 0 Å². The van der Waals surface area contributed by atoms with Gasteiger partial charge in [0.2, 0.25) is 0 Å². The van der Waals surface area contributed by atoms with Crippen molar-refractivity contribution < 1.29 is 9.18 Å². The number of halogens is 2. The second kappa shape index (κ2) is 6.07. The molecule has 0 saturated carbocycles. The highest BCUT2D eigenvalue weighted by molar-refractivity contribution is 9.10. The predicted octanol–water partition coefficient (Wildman–Crippen LogP) is 3.63. The highest BCUT2D eigenvalue weighted by Crippen LogP contribution is 2.31. The molecule has 0 aliphatic carbocycles. The molecule has 1 aliphatic rings. The first kappa shape index (κ1) is 16.0. The first-order chi connectivity index (χ1) is 12.0. The molecule has 0 fully saturated rings. The number of likely N-dealkylation sites (N-methyl/N-ethyl adjacent to an activating group) is 1. The lowest BCUT2D eigenvalue weighted by molar-refractivity contribution is 0.0985. The number of amides is 1. The van der Waals surface area contributed by atoms with Crippen LogP contribution in [0, 0.1) is 5.82 Å². The van der Waals surface area contributed by atoms with Crippen molar-refractivity contribution in [1.82, 2.24) is 9.97 Å². The lowest BCUT2D eigenvalue weighted by Gasteiger charge is -2.33. The van der Waals surface area contributed by atoms with Gasteiger partial charge >= 0.3 is 0 Å². The zero-order valence-electron chi connectivity index (χ0n) is 13.4. The maximum atomic E-state index is 13.7. The van der Waals surface area contributed by atoms with Crippen molar-refractivity contribution in [3.05, 3.63) is 58.3 Å². The van der Waals surface area contributed by atoms with Crippen molar-refractivity contribution in [2.75, 3.05) is 29.9 Å². The van der Waals surface area contributed by atoms with E-state index in [0.29, 0.717) is 29.2 Å². The molecule has 4 rings (SSSR count). The molecule has 25 heavy (non-hydrogen) atoms. The Labute approximate surface area is 152 Å². The van der Waals surface area contributed by atoms with Crippen molar-refractivity contribution in [2.24, 2.45) is 0 Å². The lowest BCUT2D eigenvalue weighted by Crippen LogP contribution is -2.43. The largest absolute Gasteiger partial charge is 0.355 e. The summed E-state index contributed by atoms with van der Waals surface area (Å²) < 4.78 is 14.2. The lowest BCUT2D eigenvalue weighted by atomic mass is 10.1. The molecule has 1 amide bonds. The Hall–Kier alpha value is -2.54. The first-order valence-electron chi connectivity index (χ1n) is 7.79. The Morgan fingerprint density at radius 2 is 1.76 bits per heavy atom. The number of para-hydroxylation sites is 2. The van der Waals surface area contributed by atoms with Crippen molar-refractivity contribution in [1.29, 1.82) is 0 Å². The summed E-state index contributed by atoms with van der Waals surface area (Å²) in [5.74, 6) is 0.391. The first-order valence-corrected chi connectivity index (χ1v) is 8.58. The van der Waals surface area contributed by atoms with Crippen molar-refractivity contribution in [3.63, 3.8) is 0 Å². The fraction of sp³-hybridized carbons (Fsp3) is 0.167. The summed E-state index contributed by atoms with van der Waals surface area (Å²) in [5.41, 5.74) is 1.77. The number of nitrogens with zero attached hydrogens (tertiary/aromatic N) is 4. The minimum Gasteiger partial charge on any atom is -0.355 e. The van der Waals surface area contributed by atoms with Crippen LogP contribution in [0.3, 0.4) is 0 Å². The molecule has 0 unspecified atom stereocenters. The zero-order valence-corrected chi connectivity index (χ0v) is 15.0. The van der Waals surface area contributed by atoms with E-state index in [9.17, 15) is 9.18 Å². The molecule has 1 aromatic heterocycles. The maximum absolute atomic E-state index is 13.7. The van der Waals surface area contributed by atoms with Crippen LogP contribution in [-0.2, 0) is 0 Å². The van der Waals surface area contributed by atoms with Gasteiger partial charge in [-0.15, -0.1) is 0 Å². The van der Waals surface area contributed by atoms with E-state index in [1.165, 1.54) is 12.1 Å². The van der Waals surface area contributed by atoms with Gasteiger partial charge in [0.15, 0.2) is 11.6 Å². The molecule has 1 aliphatic heterocycles. The Bertz CT molecular complexity index is 974. The summed E-state index contributed by atoms with van der Waals surface area (Å²) in [4.78, 5) is 25.8. The number of aromatic nitrogens is 2. The Morgan fingerprint density at radius 3 is 2.44 bits per heavy atom. The van der Waals surface area contributed by atoms with Gasteiger partial charge in [-0.05, 0) is 30.3 Å². The molecular weight excluding hydrogens is 387 g/mol. The van der Waals surface area contributed by atoms with Gasteiger partial charge in [-0.2, -0.15) is 0 Å². The quantitative estimate of drug-likeness (QED) is 0.625. The van der Waals surface area contributed by atoms with Crippen LogP contribution in [0.15, 0.2) is 46.9 Å². The standard InChI is InChI=1S/C18H14BrFN4O/c1-23-6-7-24(18(25)11-8-12(19)10-13(20)9-11)17-16(23)21-14-4-2-3-5-15(14)22-17/h2-5,8-10H,6-7H2,1H3. The zero-order chi connectivity index (χ0) is 17.6. The SMILES string of the molecule is CN1CCN(C(=O)c2cc(F)cc(Br)c2)c2nc3ccccc3nc21. The number of hydrogen-bond donors (Lipinski definition) is 0. The molecule has 126 valence electrons. The van der Waals surface area contributed by atoms with Gasteiger partial charge in [0.25, 0.3) is 5.91 Å². The molecular formula is C18H14BrFN4O. The van der Waals surface area contributed by atoms with Crippen LogP contribution < -0.4 is 9.80 Å². The second-order valence-electron chi connectivity index (χ2n) is 5.90. The van der Waals surface area contributed by atoms with E-state index < -0.39 is 5.82 Å². The molecule has 0 radical (unpaired) electrons. The van der Waals surface area contributed by atoms with E-state index in [1.807, 2.05) is 36.2 Å². The fourth-order valence-corrected chi connectivity index (χ4v) is 3.38. The molecule has 0 atom stereocenters. The summed E-state index contributed by atoms with van der Waals surface area (Å²) in [6.07, 6.45) is 0. The average molecular weight is 401 g/mol. The molecule has 2 aromatic carbocycles. The Balaban J connectivity index is 1.83. The monoisotopic (exact) mass is 400 g/mol. The van der Waals surface area contributed by atoms with Crippen molar-refractivity contribution >= 4 is 44.5 Å². The van der Waals surface area contributed by atoms with Gasteiger partial charge in [-0.1, -0.05) is 28.1 Å². The van der Waals surface area contributed by atoms with E-state index in [2.05, 4.69) is 25.9 Å². The van der Waals surface area contributed by atoms with Gasteiger partial charge in [0.1, 0.15) is 5.82 Å². The van der Waals surface area contributed by atoms with Crippen LogP contribution in [0.4, 0.5) is 16.0 Å². The van der Waals surface area contributed by atoms with Crippen LogP contribution in [0.25, 0.3) is 11.0 Å². The van der Waals surface area contributed by atoms with Crippen LogP contribution in [0.1, 0.15) is 10.4 Å². The molecule has 7 heteroatoms. The number of carbonyl (C=O) groups excluding carboxylic acids is 1. The van der Waals surface area contributed by atoms with Crippen molar-refractivity contribution in [3.8, 4) is 0 Å². The van der Waals surface area contributed by atoms with Gasteiger partial charge < -0.3 is 4.90 Å². The summed E-state index contributed by atoms with van der Waals surface area (Å²) >= 11 is 3.23. The topological polar surface area (TPSA) is 49.3 Å². The number of fused-ring (bicyclic) bond motifs is 2. The number of benzene rings is 2. The van der Waals surface area contributed by atoms with Gasteiger partial charge in [0, 0.05) is 30.2 Å². The smallest absolute Gasteiger partial charge is 0.259 e. The van der Waals surface area contributed by atoms with Crippen LogP contribution in [0.2, 0.25) is 0 Å². The minimum absolute atomic E-state index is 0.275. The van der Waals surface area contributed by atoms with Gasteiger partial charge in [0.05, 0.1) is 11.0 Å². The molecule has 2 heterocycles. The average Bonchev–Trinajstić information content (AvgIpc) is 2.59. The number of anilines is 2. The molecule has 5 nitrogen and oxygen atoms in total. The van der Waals surface area contributed by atoms with E-state index in [-0.39, 0.29) is 11.5 Å². The second-order valence-corrected chi connectivity index (χ2v) is 6.81. The van der Waals surface area contributed by atoms with E-state index in [1.54, 1.807) is 11.0 Å². The molecule has 0 bridgehead atoms. The third-order valence-corrected chi connectivity index (χ3v) is 4.62. The number of carbonyl (C=O) groups is 1. The molecule has 0 N–H and O–H groups in total. The third kappa shape index (κ3) is 2.84. The van der Waals surface area contributed by atoms with E-state index in [0.717, 1.165) is 11.0 Å². The third-order valence-electron chi connectivity index (χ3n) is 4.17.